The van der Waals surface area contributed by atoms with Crippen molar-refractivity contribution in [1.82, 2.24) is 0 Å². The van der Waals surface area contributed by atoms with Gasteiger partial charge in [-0.2, -0.15) is 0 Å². The van der Waals surface area contributed by atoms with Crippen LogP contribution in [0.15, 0.2) is 0 Å². The maximum Gasteiger partial charge on any atom is 0.135 e. The fourth-order valence-corrected chi connectivity index (χ4v) is 0.981. The molecule has 46 valence electrons. The first-order chi connectivity index (χ1) is 3.83. The molecule has 1 atom stereocenters. The molecule has 0 amide bonds. The van der Waals surface area contributed by atoms with Crippen LogP contribution < -0.4 is 0 Å². The molecule has 2 nitrogen and oxygen atoms in total. The second-order valence-corrected chi connectivity index (χ2v) is 2.14. The van der Waals surface area contributed by atoms with Crippen LogP contribution in [0.25, 0.3) is 0 Å². The third kappa shape index (κ3) is 1.07. The number of carbonyl (C=O) groups excluding carboxylic acids is 1. The van der Waals surface area contributed by atoms with Gasteiger partial charge in [-0.05, 0) is 6.42 Å². The number of carbonyl (C=O) groups is 1. The van der Waals surface area contributed by atoms with Gasteiger partial charge in [0.2, 0.25) is 0 Å². The van der Waals surface area contributed by atoms with Crippen LogP contribution in [-0.2, 0) is 9.53 Å². The molecule has 0 aliphatic heterocycles. The van der Waals surface area contributed by atoms with Crippen LogP contribution in [0.5, 0.6) is 0 Å². The van der Waals surface area contributed by atoms with Gasteiger partial charge in [-0.1, -0.05) is 0 Å². The molecule has 8 heavy (non-hydrogen) atoms. The SMILES string of the molecule is CO[C@@H]1CCC(=O)C1. The summed E-state index contributed by atoms with van der Waals surface area (Å²) in [6, 6.07) is 0. The summed E-state index contributed by atoms with van der Waals surface area (Å²) < 4.78 is 4.96. The van der Waals surface area contributed by atoms with Crippen LogP contribution in [-0.4, -0.2) is 19.0 Å². The highest BCUT2D eigenvalue weighted by molar-refractivity contribution is 5.80. The monoisotopic (exact) mass is 114 g/mol. The van der Waals surface area contributed by atoms with Gasteiger partial charge in [0.1, 0.15) is 5.78 Å². The fraction of sp³-hybridized carbons (Fsp3) is 0.833. The molecule has 0 radical (unpaired) electrons. The minimum atomic E-state index is 0.225. The van der Waals surface area contributed by atoms with Crippen LogP contribution in [0.4, 0.5) is 0 Å². The molecule has 0 bridgehead atoms. The minimum absolute atomic E-state index is 0.225. The highest BCUT2D eigenvalue weighted by Crippen LogP contribution is 2.16. The average Bonchev–Trinajstić information content (AvgIpc) is 2.14. The van der Waals surface area contributed by atoms with Crippen molar-refractivity contribution < 1.29 is 9.53 Å². The smallest absolute Gasteiger partial charge is 0.135 e. The molecule has 1 saturated carbocycles. The van der Waals surface area contributed by atoms with Crippen LogP contribution in [0, 0.1) is 0 Å². The Bertz CT molecular complexity index is 98.7. The van der Waals surface area contributed by atoms with Gasteiger partial charge in [0.15, 0.2) is 0 Å². The van der Waals surface area contributed by atoms with E-state index in [1.165, 1.54) is 0 Å². The highest BCUT2D eigenvalue weighted by Gasteiger charge is 2.20. The molecule has 0 unspecified atom stereocenters. The van der Waals surface area contributed by atoms with E-state index in [4.69, 9.17) is 4.74 Å². The molecule has 1 aliphatic rings. The van der Waals surface area contributed by atoms with E-state index in [9.17, 15) is 4.79 Å². The van der Waals surface area contributed by atoms with Crippen molar-refractivity contribution in [1.29, 1.82) is 0 Å². The van der Waals surface area contributed by atoms with E-state index in [0.29, 0.717) is 12.2 Å². The molecule has 0 aromatic rings. The Morgan fingerprint density at radius 1 is 1.75 bits per heavy atom. The van der Waals surface area contributed by atoms with Gasteiger partial charge in [0.25, 0.3) is 0 Å². The maximum absolute atomic E-state index is 10.5. The standard InChI is InChI=1S/C6H10O2/c1-8-6-3-2-5(7)4-6/h6H,2-4H2,1H3/t6-/m1/s1. The Hall–Kier alpha value is -0.370. The zero-order chi connectivity index (χ0) is 5.98. The molecule has 0 aromatic carbocycles. The summed E-state index contributed by atoms with van der Waals surface area (Å²) in [7, 11) is 1.66. The summed E-state index contributed by atoms with van der Waals surface area (Å²) >= 11 is 0. The Morgan fingerprint density at radius 2 is 2.50 bits per heavy atom. The summed E-state index contributed by atoms with van der Waals surface area (Å²) in [4.78, 5) is 10.5. The van der Waals surface area contributed by atoms with Crippen molar-refractivity contribution in [3.05, 3.63) is 0 Å². The van der Waals surface area contributed by atoms with Crippen LogP contribution in [0.2, 0.25) is 0 Å². The van der Waals surface area contributed by atoms with Crippen molar-refractivity contribution in [2.45, 2.75) is 25.4 Å². The van der Waals surface area contributed by atoms with Gasteiger partial charge < -0.3 is 4.74 Å². The number of hydrogen-bond donors (Lipinski definition) is 0. The third-order valence-electron chi connectivity index (χ3n) is 1.53. The van der Waals surface area contributed by atoms with E-state index >= 15 is 0 Å². The molecule has 0 aromatic heterocycles. The van der Waals surface area contributed by atoms with Crippen molar-refractivity contribution in [2.24, 2.45) is 0 Å². The normalized spacial score (nSPS) is 29.1. The number of hydrogen-bond acceptors (Lipinski definition) is 2. The Balaban J connectivity index is 2.32. The summed E-state index contributed by atoms with van der Waals surface area (Å²) in [6.07, 6.45) is 2.51. The summed E-state index contributed by atoms with van der Waals surface area (Å²) in [5, 5.41) is 0. The van der Waals surface area contributed by atoms with Gasteiger partial charge in [-0.15, -0.1) is 0 Å². The lowest BCUT2D eigenvalue weighted by molar-refractivity contribution is -0.118. The Kier molecular flexibility index (Phi) is 1.63. The van der Waals surface area contributed by atoms with Crippen LogP contribution in [0.1, 0.15) is 19.3 Å². The molecular weight excluding hydrogens is 104 g/mol. The quantitative estimate of drug-likeness (QED) is 0.503. The average molecular weight is 114 g/mol. The first-order valence-electron chi connectivity index (χ1n) is 2.87. The van der Waals surface area contributed by atoms with Gasteiger partial charge in [0, 0.05) is 20.0 Å². The lowest BCUT2D eigenvalue weighted by atomic mass is 10.3. The predicted molar refractivity (Wildman–Crippen MR) is 29.7 cm³/mol. The number of ketones is 1. The van der Waals surface area contributed by atoms with Gasteiger partial charge in [0.05, 0.1) is 6.10 Å². The molecule has 0 N–H and O–H groups in total. The zero-order valence-electron chi connectivity index (χ0n) is 5.02. The lowest BCUT2D eigenvalue weighted by Gasteiger charge is -2.01. The van der Waals surface area contributed by atoms with E-state index in [2.05, 4.69) is 0 Å². The largest absolute Gasteiger partial charge is 0.381 e. The summed E-state index contributed by atoms with van der Waals surface area (Å²) in [5.41, 5.74) is 0. The van der Waals surface area contributed by atoms with E-state index in [1.54, 1.807) is 7.11 Å². The third-order valence-corrected chi connectivity index (χ3v) is 1.53. The Morgan fingerprint density at radius 3 is 2.75 bits per heavy atom. The topological polar surface area (TPSA) is 26.3 Å². The van der Waals surface area contributed by atoms with Gasteiger partial charge in [-0.3, -0.25) is 4.79 Å². The second kappa shape index (κ2) is 2.27. The summed E-state index contributed by atoms with van der Waals surface area (Å²) in [6.45, 7) is 0. The second-order valence-electron chi connectivity index (χ2n) is 2.14. The highest BCUT2D eigenvalue weighted by atomic mass is 16.5. The van der Waals surface area contributed by atoms with Crippen LogP contribution >= 0.6 is 0 Å². The first-order valence-corrected chi connectivity index (χ1v) is 2.87. The number of methoxy groups -OCH3 is 1. The molecular formula is C6H10O2. The predicted octanol–water partition coefficient (Wildman–Crippen LogP) is 0.754. The van der Waals surface area contributed by atoms with E-state index in [1.807, 2.05) is 0 Å². The molecule has 2 heteroatoms. The molecule has 1 rings (SSSR count). The molecule has 0 heterocycles. The summed E-state index contributed by atoms with van der Waals surface area (Å²) in [5.74, 6) is 0.344. The van der Waals surface area contributed by atoms with Crippen LogP contribution in [0.3, 0.4) is 0 Å². The first kappa shape index (κ1) is 5.76. The molecule has 1 aliphatic carbocycles. The van der Waals surface area contributed by atoms with Crippen molar-refractivity contribution >= 4 is 5.78 Å². The van der Waals surface area contributed by atoms with Gasteiger partial charge in [-0.25, -0.2) is 0 Å². The fourth-order valence-electron chi connectivity index (χ4n) is 0.981. The zero-order valence-corrected chi connectivity index (χ0v) is 5.02. The van der Waals surface area contributed by atoms with Crippen molar-refractivity contribution in [3.63, 3.8) is 0 Å². The number of ether oxygens (including phenoxy) is 1. The van der Waals surface area contributed by atoms with E-state index < -0.39 is 0 Å². The van der Waals surface area contributed by atoms with E-state index in [0.717, 1.165) is 12.8 Å². The number of Topliss-reactive ketones (excluding diaryl/α,β-unsaturated/α-hetero) is 1. The molecule has 1 fully saturated rings. The number of rotatable bonds is 1. The van der Waals surface area contributed by atoms with E-state index in [-0.39, 0.29) is 6.10 Å². The Labute approximate surface area is 48.8 Å². The van der Waals surface area contributed by atoms with Gasteiger partial charge >= 0.3 is 0 Å². The maximum atomic E-state index is 10.5. The molecule has 0 saturated heterocycles. The van der Waals surface area contributed by atoms with Crippen molar-refractivity contribution in [3.8, 4) is 0 Å². The molecule has 0 spiro atoms. The van der Waals surface area contributed by atoms with Crippen molar-refractivity contribution in [2.75, 3.05) is 7.11 Å². The minimum Gasteiger partial charge on any atom is -0.381 e. The lowest BCUT2D eigenvalue weighted by Crippen LogP contribution is -2.03.